The third-order valence-corrected chi connectivity index (χ3v) is 3.94. The molecule has 1 aliphatic carbocycles. The van der Waals surface area contributed by atoms with E-state index in [9.17, 15) is 12.8 Å². The summed E-state index contributed by atoms with van der Waals surface area (Å²) in [5.74, 6) is -0.668. The van der Waals surface area contributed by atoms with Gasteiger partial charge in [-0.05, 0) is 30.9 Å². The van der Waals surface area contributed by atoms with Crippen molar-refractivity contribution >= 4 is 9.84 Å². The van der Waals surface area contributed by atoms with Crippen molar-refractivity contribution in [2.75, 3.05) is 12.5 Å². The number of halogens is 1. The van der Waals surface area contributed by atoms with Gasteiger partial charge in [-0.3, -0.25) is 0 Å². The predicted octanol–water partition coefficient (Wildman–Crippen LogP) is 1.98. The molecule has 16 heavy (non-hydrogen) atoms. The molecular formula is C11H13FO3S. The van der Waals surface area contributed by atoms with Crippen molar-refractivity contribution in [1.29, 1.82) is 0 Å². The van der Waals surface area contributed by atoms with Gasteiger partial charge in [0.15, 0.2) is 5.94 Å². The largest absolute Gasteiger partial charge is 0.365 e. The highest BCUT2D eigenvalue weighted by atomic mass is 32.2. The fraction of sp³-hybridized carbons (Fsp3) is 0.455. The van der Waals surface area contributed by atoms with Gasteiger partial charge in [-0.1, -0.05) is 12.1 Å². The first-order valence-corrected chi connectivity index (χ1v) is 6.80. The second-order valence-corrected chi connectivity index (χ2v) is 5.88. The first-order chi connectivity index (χ1) is 7.59. The quantitative estimate of drug-likeness (QED) is 0.795. The summed E-state index contributed by atoms with van der Waals surface area (Å²) in [4.78, 5) is -0.286. The zero-order chi connectivity index (χ0) is 11.6. The Labute approximate surface area is 94.2 Å². The molecule has 0 heterocycles. The fourth-order valence-corrected chi connectivity index (χ4v) is 2.46. The molecule has 0 saturated heterocycles. The van der Waals surface area contributed by atoms with E-state index in [1.807, 2.05) is 0 Å². The third kappa shape index (κ3) is 2.80. The van der Waals surface area contributed by atoms with Gasteiger partial charge in [0.25, 0.3) is 0 Å². The van der Waals surface area contributed by atoms with Crippen molar-refractivity contribution in [2.24, 2.45) is 5.92 Å². The Morgan fingerprint density at radius 3 is 2.62 bits per heavy atom. The maximum absolute atomic E-state index is 13.2. The molecule has 1 aromatic rings. The zero-order valence-electron chi connectivity index (χ0n) is 8.73. The zero-order valence-corrected chi connectivity index (χ0v) is 9.54. The average molecular weight is 244 g/mol. The van der Waals surface area contributed by atoms with Crippen LogP contribution in [0.1, 0.15) is 12.8 Å². The molecule has 1 aromatic carbocycles. The Morgan fingerprint density at radius 2 is 2.00 bits per heavy atom. The van der Waals surface area contributed by atoms with Crippen LogP contribution in [0.2, 0.25) is 0 Å². The van der Waals surface area contributed by atoms with E-state index >= 15 is 0 Å². The Bertz CT molecular complexity index is 466. The molecule has 3 nitrogen and oxygen atoms in total. The molecule has 2 rings (SSSR count). The molecule has 0 N–H and O–H groups in total. The van der Waals surface area contributed by atoms with Gasteiger partial charge in [0.05, 0.1) is 6.61 Å². The van der Waals surface area contributed by atoms with E-state index in [4.69, 9.17) is 4.74 Å². The van der Waals surface area contributed by atoms with Crippen LogP contribution in [0.3, 0.4) is 0 Å². The normalized spacial score (nSPS) is 16.3. The summed E-state index contributed by atoms with van der Waals surface area (Å²) in [6.07, 6.45) is 2.19. The molecule has 0 atom stereocenters. The molecule has 1 saturated carbocycles. The van der Waals surface area contributed by atoms with E-state index in [0.717, 1.165) is 18.9 Å². The molecular weight excluding hydrogens is 231 g/mol. The Kier molecular flexibility index (Phi) is 3.25. The van der Waals surface area contributed by atoms with Crippen molar-refractivity contribution in [2.45, 2.75) is 17.7 Å². The van der Waals surface area contributed by atoms with Crippen LogP contribution in [0, 0.1) is 11.7 Å². The lowest BCUT2D eigenvalue weighted by atomic mass is 10.4. The van der Waals surface area contributed by atoms with Gasteiger partial charge >= 0.3 is 0 Å². The minimum atomic E-state index is -3.66. The minimum Gasteiger partial charge on any atom is -0.365 e. The van der Waals surface area contributed by atoms with Crippen LogP contribution in [0.15, 0.2) is 29.2 Å². The van der Waals surface area contributed by atoms with Crippen LogP contribution in [0.4, 0.5) is 4.39 Å². The molecule has 88 valence electrons. The SMILES string of the molecule is O=S(=O)(COCC1CC1)c1ccccc1F. The number of sulfone groups is 1. The van der Waals surface area contributed by atoms with Crippen molar-refractivity contribution < 1.29 is 17.5 Å². The molecule has 1 aliphatic rings. The van der Waals surface area contributed by atoms with Crippen LogP contribution in [-0.4, -0.2) is 21.0 Å². The maximum Gasteiger partial charge on any atom is 0.205 e. The second kappa shape index (κ2) is 4.51. The summed E-state index contributed by atoms with van der Waals surface area (Å²) < 4.78 is 41.7. The van der Waals surface area contributed by atoms with E-state index in [2.05, 4.69) is 0 Å². The Balaban J connectivity index is 2.03. The van der Waals surface area contributed by atoms with Crippen LogP contribution >= 0.6 is 0 Å². The van der Waals surface area contributed by atoms with E-state index in [-0.39, 0.29) is 4.90 Å². The van der Waals surface area contributed by atoms with Gasteiger partial charge in [0.1, 0.15) is 10.7 Å². The standard InChI is InChI=1S/C11H13FO3S/c12-10-3-1-2-4-11(10)16(13,14)8-15-7-9-5-6-9/h1-4,9H,5-8H2. The lowest BCUT2D eigenvalue weighted by Gasteiger charge is -2.06. The molecule has 0 aromatic heterocycles. The highest BCUT2D eigenvalue weighted by Gasteiger charge is 2.24. The van der Waals surface area contributed by atoms with E-state index in [1.165, 1.54) is 18.2 Å². The molecule has 0 radical (unpaired) electrons. The van der Waals surface area contributed by atoms with E-state index in [0.29, 0.717) is 12.5 Å². The number of hydrogen-bond donors (Lipinski definition) is 0. The summed E-state index contributed by atoms with van der Waals surface area (Å²) in [5.41, 5.74) is 0. The molecule has 5 heteroatoms. The fourth-order valence-electron chi connectivity index (χ4n) is 1.37. The number of ether oxygens (including phenoxy) is 1. The summed E-state index contributed by atoms with van der Waals surface area (Å²) >= 11 is 0. The van der Waals surface area contributed by atoms with Gasteiger partial charge in [0.2, 0.25) is 9.84 Å². The summed E-state index contributed by atoms with van der Waals surface area (Å²) in [6.45, 7) is 0.452. The monoisotopic (exact) mass is 244 g/mol. The molecule has 0 amide bonds. The highest BCUT2D eigenvalue weighted by Crippen LogP contribution is 2.29. The third-order valence-electron chi connectivity index (χ3n) is 2.46. The van der Waals surface area contributed by atoms with Gasteiger partial charge in [-0.25, -0.2) is 12.8 Å². The molecule has 0 unspecified atom stereocenters. The molecule has 0 aliphatic heterocycles. The Morgan fingerprint density at radius 1 is 1.31 bits per heavy atom. The first-order valence-electron chi connectivity index (χ1n) is 5.14. The smallest absolute Gasteiger partial charge is 0.205 e. The van der Waals surface area contributed by atoms with Gasteiger partial charge in [0, 0.05) is 0 Å². The van der Waals surface area contributed by atoms with Crippen molar-refractivity contribution in [3.05, 3.63) is 30.1 Å². The summed E-state index contributed by atoms with van der Waals surface area (Å²) in [5, 5.41) is 0. The van der Waals surface area contributed by atoms with Gasteiger partial charge < -0.3 is 4.74 Å². The topological polar surface area (TPSA) is 43.4 Å². The van der Waals surface area contributed by atoms with Crippen LogP contribution < -0.4 is 0 Å². The van der Waals surface area contributed by atoms with Crippen molar-refractivity contribution in [3.63, 3.8) is 0 Å². The van der Waals surface area contributed by atoms with Crippen LogP contribution in [0.5, 0.6) is 0 Å². The molecule has 0 bridgehead atoms. The van der Waals surface area contributed by atoms with E-state index < -0.39 is 21.6 Å². The number of rotatable bonds is 5. The van der Waals surface area contributed by atoms with Crippen LogP contribution in [-0.2, 0) is 14.6 Å². The highest BCUT2D eigenvalue weighted by molar-refractivity contribution is 7.91. The Hall–Kier alpha value is -0.940. The predicted molar refractivity (Wildman–Crippen MR) is 57.1 cm³/mol. The average Bonchev–Trinajstić information content (AvgIpc) is 3.02. The maximum atomic E-state index is 13.2. The molecule has 1 fully saturated rings. The summed E-state index contributed by atoms with van der Waals surface area (Å²) in [6, 6.07) is 5.34. The number of benzene rings is 1. The minimum absolute atomic E-state index is 0.286. The van der Waals surface area contributed by atoms with Crippen molar-refractivity contribution in [3.8, 4) is 0 Å². The summed E-state index contributed by atoms with van der Waals surface area (Å²) in [7, 11) is -3.66. The lowest BCUT2D eigenvalue weighted by molar-refractivity contribution is 0.165. The molecule has 0 spiro atoms. The van der Waals surface area contributed by atoms with Gasteiger partial charge in [-0.15, -0.1) is 0 Å². The van der Waals surface area contributed by atoms with E-state index in [1.54, 1.807) is 0 Å². The van der Waals surface area contributed by atoms with Gasteiger partial charge in [-0.2, -0.15) is 0 Å². The van der Waals surface area contributed by atoms with Crippen LogP contribution in [0.25, 0.3) is 0 Å². The lowest BCUT2D eigenvalue weighted by Crippen LogP contribution is -2.12. The number of hydrogen-bond acceptors (Lipinski definition) is 3. The van der Waals surface area contributed by atoms with Crippen molar-refractivity contribution in [1.82, 2.24) is 0 Å². The second-order valence-electron chi connectivity index (χ2n) is 3.98. The first kappa shape index (κ1) is 11.5.